The van der Waals surface area contributed by atoms with Gasteiger partial charge >= 0.3 is 5.97 Å². The average Bonchev–Trinajstić information content (AvgIpc) is 2.78. The van der Waals surface area contributed by atoms with E-state index >= 15 is 0 Å². The molecule has 1 heterocycles. The second kappa shape index (κ2) is 5.41. The minimum atomic E-state index is -0.925. The van der Waals surface area contributed by atoms with Gasteiger partial charge in [-0.3, -0.25) is 4.79 Å². The maximum Gasteiger partial charge on any atom is 0.316 e. The average molecular weight is 285 g/mol. The fourth-order valence-corrected chi connectivity index (χ4v) is 1.91. The number of hydrogen-bond donors (Lipinski definition) is 1. The predicted molar refractivity (Wildman–Crippen MR) is 67.7 cm³/mol. The zero-order valence-electron chi connectivity index (χ0n) is 9.33. The lowest BCUT2D eigenvalue weighted by molar-refractivity contribution is -0.136. The Balaban J connectivity index is 2.15. The van der Waals surface area contributed by atoms with Crippen molar-refractivity contribution < 1.29 is 14.3 Å². The number of aliphatic carboxylic acids is 1. The molecule has 2 aromatic rings. The van der Waals surface area contributed by atoms with Crippen LogP contribution in [0, 0.1) is 0 Å². The molecule has 1 atom stereocenters. The number of carboxylic acids is 1. The van der Waals surface area contributed by atoms with Gasteiger partial charge in [-0.25, -0.2) is 0 Å². The Bertz CT molecular complexity index is 556. The molecule has 2 rings (SSSR count). The van der Waals surface area contributed by atoms with Crippen molar-refractivity contribution in [3.63, 3.8) is 0 Å². The van der Waals surface area contributed by atoms with Gasteiger partial charge < -0.3 is 9.52 Å². The van der Waals surface area contributed by atoms with Crippen LogP contribution < -0.4 is 0 Å². The Labute approximate surface area is 112 Å². The van der Waals surface area contributed by atoms with Crippen LogP contribution in [0.3, 0.4) is 0 Å². The van der Waals surface area contributed by atoms with Crippen LogP contribution in [0.2, 0.25) is 5.02 Å². The smallest absolute Gasteiger partial charge is 0.316 e. The molecule has 18 heavy (non-hydrogen) atoms. The number of nitrogens with zero attached hydrogens (tertiary/aromatic N) is 2. The van der Waals surface area contributed by atoms with Crippen LogP contribution in [0.5, 0.6) is 0 Å². The van der Waals surface area contributed by atoms with Crippen LogP contribution in [-0.4, -0.2) is 26.5 Å². The first kappa shape index (κ1) is 12.9. The highest BCUT2D eigenvalue weighted by Crippen LogP contribution is 2.26. The fraction of sp³-hybridized carbons (Fsp3) is 0.182. The van der Waals surface area contributed by atoms with E-state index in [9.17, 15) is 4.79 Å². The van der Waals surface area contributed by atoms with Gasteiger partial charge in [0.25, 0.3) is 5.22 Å². The van der Waals surface area contributed by atoms with Crippen molar-refractivity contribution in [3.8, 4) is 11.5 Å². The Morgan fingerprint density at radius 3 is 2.67 bits per heavy atom. The zero-order valence-corrected chi connectivity index (χ0v) is 10.9. The van der Waals surface area contributed by atoms with Crippen molar-refractivity contribution >= 4 is 29.3 Å². The summed E-state index contributed by atoms with van der Waals surface area (Å²) in [6.45, 7) is 1.55. The monoisotopic (exact) mass is 284 g/mol. The molecule has 94 valence electrons. The van der Waals surface area contributed by atoms with E-state index in [0.29, 0.717) is 10.9 Å². The maximum absolute atomic E-state index is 10.7. The van der Waals surface area contributed by atoms with Crippen molar-refractivity contribution in [2.75, 3.05) is 0 Å². The predicted octanol–water partition coefficient (Wildman–Crippen LogP) is 2.96. The molecule has 0 radical (unpaired) electrons. The maximum atomic E-state index is 10.7. The lowest BCUT2D eigenvalue weighted by Crippen LogP contribution is -2.10. The molecule has 1 aromatic heterocycles. The number of hydrogen-bond acceptors (Lipinski definition) is 5. The Morgan fingerprint density at radius 2 is 2.06 bits per heavy atom. The van der Waals surface area contributed by atoms with Crippen LogP contribution in [0.4, 0.5) is 0 Å². The quantitative estimate of drug-likeness (QED) is 0.870. The Kier molecular flexibility index (Phi) is 3.88. The number of halogens is 1. The summed E-state index contributed by atoms with van der Waals surface area (Å²) in [6.07, 6.45) is 0. The van der Waals surface area contributed by atoms with Gasteiger partial charge in [-0.05, 0) is 31.2 Å². The second-order valence-corrected chi connectivity index (χ2v) is 5.21. The first-order valence-electron chi connectivity index (χ1n) is 5.05. The Hall–Kier alpha value is -1.53. The van der Waals surface area contributed by atoms with E-state index in [1.807, 2.05) is 0 Å². The molecular weight excluding hydrogens is 276 g/mol. The lowest BCUT2D eigenvalue weighted by Gasteiger charge is -1.99. The summed E-state index contributed by atoms with van der Waals surface area (Å²) in [4.78, 5) is 10.7. The summed E-state index contributed by atoms with van der Waals surface area (Å²) in [5, 5.41) is 16.6. The summed E-state index contributed by atoms with van der Waals surface area (Å²) in [5.41, 5.74) is 0.738. The van der Waals surface area contributed by atoms with Crippen LogP contribution in [0.25, 0.3) is 11.5 Å². The minimum Gasteiger partial charge on any atom is -0.480 e. The topological polar surface area (TPSA) is 76.2 Å². The van der Waals surface area contributed by atoms with Gasteiger partial charge in [0.05, 0.1) is 0 Å². The normalized spacial score (nSPS) is 12.3. The van der Waals surface area contributed by atoms with E-state index < -0.39 is 11.2 Å². The van der Waals surface area contributed by atoms with Crippen LogP contribution >= 0.6 is 23.4 Å². The molecule has 5 nitrogen and oxygen atoms in total. The summed E-state index contributed by atoms with van der Waals surface area (Å²) in [7, 11) is 0. The number of rotatable bonds is 4. The lowest BCUT2D eigenvalue weighted by atomic mass is 10.2. The molecule has 0 saturated heterocycles. The SMILES string of the molecule is C[C@H](Sc1nnc(-c2ccc(Cl)cc2)o1)C(=O)O. The number of aromatic nitrogens is 2. The minimum absolute atomic E-state index is 0.231. The van der Waals surface area contributed by atoms with Crippen molar-refractivity contribution in [3.05, 3.63) is 29.3 Å². The molecule has 0 fully saturated rings. The van der Waals surface area contributed by atoms with E-state index in [1.165, 1.54) is 0 Å². The molecular formula is C11H9ClN2O3S. The second-order valence-electron chi connectivity index (χ2n) is 3.48. The van der Waals surface area contributed by atoms with Gasteiger partial charge in [0.2, 0.25) is 5.89 Å². The molecule has 1 aromatic carbocycles. The standard InChI is InChI=1S/C11H9ClN2O3S/c1-6(10(15)16)18-11-14-13-9(17-11)7-2-4-8(12)5-3-7/h2-6H,1H3,(H,15,16)/t6-/m0/s1. The fourth-order valence-electron chi connectivity index (χ4n) is 1.17. The number of thioether (sulfide) groups is 1. The first-order chi connectivity index (χ1) is 8.56. The zero-order chi connectivity index (χ0) is 13.1. The van der Waals surface area contributed by atoms with E-state index in [4.69, 9.17) is 21.1 Å². The number of carbonyl (C=O) groups is 1. The van der Waals surface area contributed by atoms with Gasteiger partial charge in [-0.2, -0.15) is 0 Å². The highest BCUT2D eigenvalue weighted by atomic mass is 35.5. The summed E-state index contributed by atoms with van der Waals surface area (Å²) in [5.74, 6) is -0.585. The number of benzene rings is 1. The summed E-state index contributed by atoms with van der Waals surface area (Å²) >= 11 is 6.78. The molecule has 0 aliphatic heterocycles. The van der Waals surface area contributed by atoms with Crippen molar-refractivity contribution in [2.45, 2.75) is 17.4 Å². The summed E-state index contributed by atoms with van der Waals surface area (Å²) in [6, 6.07) is 6.94. The van der Waals surface area contributed by atoms with E-state index in [2.05, 4.69) is 10.2 Å². The molecule has 0 aliphatic rings. The van der Waals surface area contributed by atoms with E-state index in [-0.39, 0.29) is 5.22 Å². The van der Waals surface area contributed by atoms with Crippen LogP contribution in [-0.2, 0) is 4.79 Å². The van der Waals surface area contributed by atoms with Crippen molar-refractivity contribution in [1.29, 1.82) is 0 Å². The van der Waals surface area contributed by atoms with E-state index in [1.54, 1.807) is 31.2 Å². The van der Waals surface area contributed by atoms with Gasteiger partial charge in [-0.15, -0.1) is 10.2 Å². The first-order valence-corrected chi connectivity index (χ1v) is 6.31. The largest absolute Gasteiger partial charge is 0.480 e. The third-order valence-corrected chi connectivity index (χ3v) is 3.30. The van der Waals surface area contributed by atoms with Gasteiger partial charge in [-0.1, -0.05) is 23.4 Å². The van der Waals surface area contributed by atoms with Crippen LogP contribution in [0.1, 0.15) is 6.92 Å². The van der Waals surface area contributed by atoms with E-state index in [0.717, 1.165) is 17.3 Å². The molecule has 1 N–H and O–H groups in total. The molecule has 7 heteroatoms. The van der Waals surface area contributed by atoms with Crippen molar-refractivity contribution in [1.82, 2.24) is 10.2 Å². The highest BCUT2D eigenvalue weighted by Gasteiger charge is 2.17. The highest BCUT2D eigenvalue weighted by molar-refractivity contribution is 8.00. The molecule has 0 amide bonds. The molecule has 0 bridgehead atoms. The molecule has 0 saturated carbocycles. The Morgan fingerprint density at radius 1 is 1.39 bits per heavy atom. The molecule has 0 spiro atoms. The molecule has 0 unspecified atom stereocenters. The summed E-state index contributed by atoms with van der Waals surface area (Å²) < 4.78 is 5.36. The third-order valence-electron chi connectivity index (χ3n) is 2.12. The van der Waals surface area contributed by atoms with Crippen molar-refractivity contribution in [2.24, 2.45) is 0 Å². The van der Waals surface area contributed by atoms with Gasteiger partial charge in [0, 0.05) is 10.6 Å². The number of carboxylic acid groups (broad SMARTS) is 1. The van der Waals surface area contributed by atoms with Crippen LogP contribution in [0.15, 0.2) is 33.9 Å². The molecule has 0 aliphatic carbocycles. The van der Waals surface area contributed by atoms with Gasteiger partial charge in [0.15, 0.2) is 0 Å². The van der Waals surface area contributed by atoms with Gasteiger partial charge in [0.1, 0.15) is 5.25 Å². The third kappa shape index (κ3) is 3.02.